The van der Waals surface area contributed by atoms with Crippen LogP contribution in [0.5, 0.6) is 0 Å². The lowest BCUT2D eigenvalue weighted by molar-refractivity contribution is 0.00869. The molecular formula is C10H23IN4O. The van der Waals surface area contributed by atoms with Crippen LogP contribution in [0, 0.1) is 5.92 Å². The molecule has 6 heteroatoms. The minimum atomic E-state index is 0. The molecule has 1 heterocycles. The molecule has 0 amide bonds. The lowest BCUT2D eigenvalue weighted by Crippen LogP contribution is -2.47. The van der Waals surface area contributed by atoms with Gasteiger partial charge in [-0.2, -0.15) is 0 Å². The quantitative estimate of drug-likeness (QED) is 0.436. The van der Waals surface area contributed by atoms with Crippen LogP contribution >= 0.6 is 24.0 Å². The molecule has 0 aromatic rings. The van der Waals surface area contributed by atoms with Gasteiger partial charge in [-0.05, 0) is 5.92 Å². The number of nitrogens with zero attached hydrogens (tertiary/aromatic N) is 2. The molecule has 0 aromatic heterocycles. The minimum Gasteiger partial charge on any atom is -0.379 e. The highest BCUT2D eigenvalue weighted by Gasteiger charge is 2.23. The molecule has 96 valence electrons. The van der Waals surface area contributed by atoms with Gasteiger partial charge in [-0.15, -0.1) is 24.0 Å². The third-order valence-corrected chi connectivity index (χ3v) is 2.75. The van der Waals surface area contributed by atoms with Gasteiger partial charge >= 0.3 is 0 Å². The van der Waals surface area contributed by atoms with Gasteiger partial charge in [0.05, 0.1) is 19.8 Å². The maximum absolute atomic E-state index is 5.35. The lowest BCUT2D eigenvalue weighted by Gasteiger charge is -2.35. The first-order valence-corrected chi connectivity index (χ1v) is 5.48. The fourth-order valence-corrected chi connectivity index (χ4v) is 1.86. The molecule has 1 unspecified atom stereocenters. The lowest BCUT2D eigenvalue weighted by atomic mass is 10.0. The Balaban J connectivity index is 0.00000225. The van der Waals surface area contributed by atoms with Gasteiger partial charge in [-0.1, -0.05) is 13.8 Å². The van der Waals surface area contributed by atoms with E-state index in [1.54, 1.807) is 0 Å². The Morgan fingerprint density at radius 1 is 1.31 bits per heavy atom. The van der Waals surface area contributed by atoms with Crippen LogP contribution in [-0.2, 0) is 4.74 Å². The Hall–Kier alpha value is -0.0800. The largest absolute Gasteiger partial charge is 0.379 e. The van der Waals surface area contributed by atoms with Gasteiger partial charge < -0.3 is 16.2 Å². The fraction of sp³-hybridized carbons (Fsp3) is 0.900. The third-order valence-electron chi connectivity index (χ3n) is 2.75. The van der Waals surface area contributed by atoms with Gasteiger partial charge in [0, 0.05) is 19.1 Å². The summed E-state index contributed by atoms with van der Waals surface area (Å²) in [6.07, 6.45) is 0. The number of hydrogen-bond acceptors (Lipinski definition) is 3. The normalized spacial score (nSPS) is 18.9. The van der Waals surface area contributed by atoms with Crippen LogP contribution in [0.2, 0.25) is 0 Å². The standard InChI is InChI=1S/C10H22N4O.HI/c1-8(2)9(7-13-10(11)12)14-3-5-15-6-4-14;/h8-9H,3-7H2,1-2H3,(H4,11,12,13);1H. The van der Waals surface area contributed by atoms with E-state index in [9.17, 15) is 0 Å². The predicted octanol–water partition coefficient (Wildman–Crippen LogP) is 0.235. The number of halogens is 1. The van der Waals surface area contributed by atoms with Crippen molar-refractivity contribution >= 4 is 29.9 Å². The van der Waals surface area contributed by atoms with Crippen LogP contribution in [-0.4, -0.2) is 49.7 Å². The molecule has 16 heavy (non-hydrogen) atoms. The van der Waals surface area contributed by atoms with Crippen molar-refractivity contribution in [2.45, 2.75) is 19.9 Å². The van der Waals surface area contributed by atoms with Gasteiger partial charge in [-0.25, -0.2) is 0 Å². The summed E-state index contributed by atoms with van der Waals surface area (Å²) in [5.41, 5.74) is 10.7. The molecule has 5 nitrogen and oxygen atoms in total. The van der Waals surface area contributed by atoms with Crippen molar-refractivity contribution < 1.29 is 4.74 Å². The summed E-state index contributed by atoms with van der Waals surface area (Å²) in [5.74, 6) is 0.722. The summed E-state index contributed by atoms with van der Waals surface area (Å²) in [6.45, 7) is 8.65. The van der Waals surface area contributed by atoms with E-state index in [0.29, 0.717) is 18.5 Å². The van der Waals surface area contributed by atoms with Crippen LogP contribution in [0.4, 0.5) is 0 Å². The van der Waals surface area contributed by atoms with Gasteiger partial charge in [0.15, 0.2) is 5.96 Å². The van der Waals surface area contributed by atoms with Crippen LogP contribution in [0.1, 0.15) is 13.8 Å². The Bertz CT molecular complexity index is 213. The van der Waals surface area contributed by atoms with E-state index in [4.69, 9.17) is 16.2 Å². The molecule has 1 aliphatic heterocycles. The highest BCUT2D eigenvalue weighted by molar-refractivity contribution is 14.0. The van der Waals surface area contributed by atoms with Crippen molar-refractivity contribution in [2.75, 3.05) is 32.8 Å². The smallest absolute Gasteiger partial charge is 0.185 e. The number of hydrogen-bond donors (Lipinski definition) is 2. The van der Waals surface area contributed by atoms with Crippen molar-refractivity contribution in [2.24, 2.45) is 22.4 Å². The highest BCUT2D eigenvalue weighted by Crippen LogP contribution is 2.13. The SMILES string of the molecule is CC(C)C(CN=C(N)N)N1CCOCC1.I. The summed E-state index contributed by atoms with van der Waals surface area (Å²) in [7, 11) is 0. The summed E-state index contributed by atoms with van der Waals surface area (Å²) >= 11 is 0. The zero-order valence-corrected chi connectivity index (χ0v) is 12.4. The monoisotopic (exact) mass is 342 g/mol. The number of morpholine rings is 1. The van der Waals surface area contributed by atoms with E-state index in [-0.39, 0.29) is 29.9 Å². The van der Waals surface area contributed by atoms with Crippen LogP contribution < -0.4 is 11.5 Å². The second-order valence-electron chi connectivity index (χ2n) is 4.23. The Morgan fingerprint density at radius 3 is 2.31 bits per heavy atom. The first-order valence-electron chi connectivity index (χ1n) is 5.48. The van der Waals surface area contributed by atoms with Crippen molar-refractivity contribution in [3.63, 3.8) is 0 Å². The third kappa shape index (κ3) is 5.31. The molecular weight excluding hydrogens is 319 g/mol. The average Bonchev–Trinajstić information content (AvgIpc) is 2.18. The average molecular weight is 342 g/mol. The Morgan fingerprint density at radius 2 is 1.88 bits per heavy atom. The topological polar surface area (TPSA) is 76.9 Å². The fourth-order valence-electron chi connectivity index (χ4n) is 1.86. The molecule has 0 spiro atoms. The number of rotatable bonds is 4. The van der Waals surface area contributed by atoms with E-state index in [1.165, 1.54) is 0 Å². The Kier molecular flexibility index (Phi) is 8.04. The van der Waals surface area contributed by atoms with Crippen molar-refractivity contribution in [3.05, 3.63) is 0 Å². The molecule has 4 N–H and O–H groups in total. The molecule has 0 aliphatic carbocycles. The van der Waals surface area contributed by atoms with E-state index in [1.807, 2.05) is 0 Å². The predicted molar refractivity (Wildman–Crippen MR) is 77.1 cm³/mol. The maximum atomic E-state index is 5.35. The van der Waals surface area contributed by atoms with Crippen molar-refractivity contribution in [3.8, 4) is 0 Å². The zero-order valence-electron chi connectivity index (χ0n) is 10.1. The van der Waals surface area contributed by atoms with E-state index in [2.05, 4.69) is 23.7 Å². The van der Waals surface area contributed by atoms with Gasteiger partial charge in [-0.3, -0.25) is 9.89 Å². The van der Waals surface area contributed by atoms with E-state index < -0.39 is 0 Å². The first-order chi connectivity index (χ1) is 7.11. The van der Waals surface area contributed by atoms with Gasteiger partial charge in [0.2, 0.25) is 0 Å². The number of ether oxygens (including phenoxy) is 1. The number of nitrogens with two attached hydrogens (primary N) is 2. The maximum Gasteiger partial charge on any atom is 0.185 e. The van der Waals surface area contributed by atoms with E-state index >= 15 is 0 Å². The van der Waals surface area contributed by atoms with Crippen molar-refractivity contribution in [1.82, 2.24) is 4.90 Å². The second-order valence-corrected chi connectivity index (χ2v) is 4.23. The zero-order chi connectivity index (χ0) is 11.3. The van der Waals surface area contributed by atoms with Gasteiger partial charge in [0.1, 0.15) is 0 Å². The molecule has 1 rings (SSSR count). The summed E-state index contributed by atoms with van der Waals surface area (Å²) in [4.78, 5) is 6.51. The van der Waals surface area contributed by atoms with Crippen LogP contribution in [0.3, 0.4) is 0 Å². The molecule has 0 saturated carbocycles. The van der Waals surface area contributed by atoms with E-state index in [0.717, 1.165) is 26.3 Å². The van der Waals surface area contributed by atoms with Crippen LogP contribution in [0.25, 0.3) is 0 Å². The van der Waals surface area contributed by atoms with Gasteiger partial charge in [0.25, 0.3) is 0 Å². The van der Waals surface area contributed by atoms with Crippen molar-refractivity contribution in [1.29, 1.82) is 0 Å². The molecule has 0 bridgehead atoms. The minimum absolute atomic E-state index is 0. The summed E-state index contributed by atoms with van der Waals surface area (Å²) < 4.78 is 5.33. The highest BCUT2D eigenvalue weighted by atomic mass is 127. The molecule has 1 atom stereocenters. The molecule has 1 aliphatic rings. The second kappa shape index (κ2) is 8.08. The first kappa shape index (κ1) is 15.9. The molecule has 1 saturated heterocycles. The molecule has 0 radical (unpaired) electrons. The number of guanidine groups is 1. The summed E-state index contributed by atoms with van der Waals surface area (Å²) in [6, 6.07) is 0.413. The van der Waals surface area contributed by atoms with Crippen LogP contribution in [0.15, 0.2) is 4.99 Å². The summed E-state index contributed by atoms with van der Waals surface area (Å²) in [5, 5.41) is 0. The number of aliphatic imine (C=N–C) groups is 1. The molecule has 0 aromatic carbocycles. The molecule has 1 fully saturated rings. The Labute approximate surface area is 115 Å².